The van der Waals surface area contributed by atoms with Crippen LogP contribution in [0.15, 0.2) is 96.1 Å². The molecule has 1 aliphatic heterocycles. The molecule has 112 valence electrons. The highest BCUT2D eigenvalue weighted by Gasteiger charge is 2.31. The topological polar surface area (TPSA) is 24.8 Å². The van der Waals surface area contributed by atoms with E-state index in [4.69, 9.17) is 9.84 Å². The Hall–Kier alpha value is -3.07. The second-order valence-electron chi connectivity index (χ2n) is 5.33. The van der Waals surface area contributed by atoms with E-state index in [0.29, 0.717) is 5.90 Å². The van der Waals surface area contributed by atoms with Crippen molar-refractivity contribution in [1.29, 1.82) is 0 Å². The van der Waals surface area contributed by atoms with Gasteiger partial charge in [-0.05, 0) is 24.3 Å². The van der Waals surface area contributed by atoms with Gasteiger partial charge in [-0.2, -0.15) is 0 Å². The van der Waals surface area contributed by atoms with Crippen LogP contribution in [-0.2, 0) is 4.74 Å². The molecule has 1 atom stereocenters. The van der Waals surface area contributed by atoms with Crippen molar-refractivity contribution in [3.63, 3.8) is 0 Å². The van der Waals surface area contributed by atoms with E-state index in [-0.39, 0.29) is 6.23 Å². The third-order valence-corrected chi connectivity index (χ3v) is 3.77. The Labute approximate surface area is 135 Å². The van der Waals surface area contributed by atoms with Gasteiger partial charge in [0.2, 0.25) is 12.1 Å². The monoisotopic (exact) mass is 300 g/mol. The van der Waals surface area contributed by atoms with Crippen LogP contribution in [0.2, 0.25) is 0 Å². The smallest absolute Gasteiger partial charge is 0.241 e. The number of nitrogens with zero attached hydrogens (tertiary/aromatic N) is 2. The molecule has 0 aliphatic carbocycles. The molecule has 0 saturated carbocycles. The summed E-state index contributed by atoms with van der Waals surface area (Å²) in [5.74, 6) is 0.642. The molecule has 0 bridgehead atoms. The van der Waals surface area contributed by atoms with Crippen molar-refractivity contribution in [2.24, 2.45) is 5.10 Å². The molecule has 3 aromatic carbocycles. The lowest BCUT2D eigenvalue weighted by molar-refractivity contribution is 0.218. The van der Waals surface area contributed by atoms with E-state index in [1.54, 1.807) is 0 Å². The molecule has 1 unspecified atom stereocenters. The Kier molecular flexibility index (Phi) is 3.53. The van der Waals surface area contributed by atoms with Gasteiger partial charge in [0.15, 0.2) is 0 Å². The van der Waals surface area contributed by atoms with Crippen LogP contribution in [0.4, 0.5) is 5.69 Å². The van der Waals surface area contributed by atoms with Gasteiger partial charge in [0, 0.05) is 11.1 Å². The maximum atomic E-state index is 6.18. The molecule has 4 rings (SSSR count). The average Bonchev–Trinajstić information content (AvgIpc) is 3.09. The first-order chi connectivity index (χ1) is 11.4. The van der Waals surface area contributed by atoms with E-state index in [1.807, 2.05) is 83.9 Å². The Morgan fingerprint density at radius 3 is 1.91 bits per heavy atom. The van der Waals surface area contributed by atoms with E-state index in [2.05, 4.69) is 12.1 Å². The van der Waals surface area contributed by atoms with Gasteiger partial charge in [-0.3, -0.25) is 0 Å². The minimum Gasteiger partial charge on any atom is -0.446 e. The lowest BCUT2D eigenvalue weighted by atomic mass is 10.2. The Balaban J connectivity index is 1.75. The van der Waals surface area contributed by atoms with Gasteiger partial charge in [-0.1, -0.05) is 66.7 Å². The number of anilines is 1. The van der Waals surface area contributed by atoms with Crippen molar-refractivity contribution in [3.05, 3.63) is 102 Å². The molecule has 23 heavy (non-hydrogen) atoms. The SMILES string of the molecule is c1ccc(C2=NN(c3ccccc3)C(c3ccccc3)O2)cc1. The lowest BCUT2D eigenvalue weighted by Crippen LogP contribution is -2.19. The molecule has 0 radical (unpaired) electrons. The summed E-state index contributed by atoms with van der Waals surface area (Å²) in [6.45, 7) is 0. The van der Waals surface area contributed by atoms with Crippen molar-refractivity contribution in [1.82, 2.24) is 0 Å². The van der Waals surface area contributed by atoms with Crippen LogP contribution in [0.5, 0.6) is 0 Å². The molecule has 0 spiro atoms. The standard InChI is InChI=1S/C20H16N2O/c1-4-10-16(11-5-1)19-21-22(18-14-8-3-9-15-18)20(23-19)17-12-6-2-7-13-17/h1-15,20H. The van der Waals surface area contributed by atoms with Gasteiger partial charge in [0.05, 0.1) is 5.69 Å². The molecule has 0 fully saturated rings. The van der Waals surface area contributed by atoms with Gasteiger partial charge >= 0.3 is 0 Å². The normalized spacial score (nSPS) is 16.8. The van der Waals surface area contributed by atoms with Crippen LogP contribution >= 0.6 is 0 Å². The molecule has 3 aromatic rings. The van der Waals surface area contributed by atoms with Gasteiger partial charge in [0.25, 0.3) is 0 Å². The lowest BCUT2D eigenvalue weighted by Gasteiger charge is -2.22. The number of hydrogen-bond acceptors (Lipinski definition) is 3. The van der Waals surface area contributed by atoms with E-state index >= 15 is 0 Å². The summed E-state index contributed by atoms with van der Waals surface area (Å²) in [6.07, 6.45) is -0.256. The zero-order chi connectivity index (χ0) is 15.5. The van der Waals surface area contributed by atoms with Crippen molar-refractivity contribution < 1.29 is 4.74 Å². The average molecular weight is 300 g/mol. The van der Waals surface area contributed by atoms with Gasteiger partial charge in [0.1, 0.15) is 0 Å². The number of benzene rings is 3. The molecule has 1 aliphatic rings. The predicted molar refractivity (Wildman–Crippen MR) is 92.2 cm³/mol. The highest BCUT2D eigenvalue weighted by molar-refractivity contribution is 5.96. The van der Waals surface area contributed by atoms with Crippen LogP contribution in [0.3, 0.4) is 0 Å². The molecule has 3 heteroatoms. The fraction of sp³-hybridized carbons (Fsp3) is 0.0500. The maximum Gasteiger partial charge on any atom is 0.241 e. The number of hydrogen-bond donors (Lipinski definition) is 0. The summed E-state index contributed by atoms with van der Waals surface area (Å²) in [7, 11) is 0. The van der Waals surface area contributed by atoms with E-state index < -0.39 is 0 Å². The summed E-state index contributed by atoms with van der Waals surface area (Å²) < 4.78 is 6.18. The molecule has 1 heterocycles. The first kappa shape index (κ1) is 13.6. The molecule has 0 amide bonds. The third kappa shape index (κ3) is 2.69. The summed E-state index contributed by atoms with van der Waals surface area (Å²) in [5.41, 5.74) is 3.06. The van der Waals surface area contributed by atoms with E-state index in [1.165, 1.54) is 0 Å². The van der Waals surface area contributed by atoms with E-state index in [9.17, 15) is 0 Å². The highest BCUT2D eigenvalue weighted by Crippen LogP contribution is 2.34. The van der Waals surface area contributed by atoms with Crippen molar-refractivity contribution >= 4 is 11.6 Å². The largest absolute Gasteiger partial charge is 0.446 e. The van der Waals surface area contributed by atoms with Crippen LogP contribution in [-0.4, -0.2) is 5.90 Å². The van der Waals surface area contributed by atoms with Gasteiger partial charge in [-0.15, -0.1) is 5.10 Å². The summed E-state index contributed by atoms with van der Waals surface area (Å²) in [5, 5.41) is 6.64. The summed E-state index contributed by atoms with van der Waals surface area (Å²) in [4.78, 5) is 0. The highest BCUT2D eigenvalue weighted by atomic mass is 16.5. The molecular weight excluding hydrogens is 284 g/mol. The van der Waals surface area contributed by atoms with Crippen molar-refractivity contribution in [3.8, 4) is 0 Å². The Bertz CT molecular complexity index is 801. The number of para-hydroxylation sites is 1. The first-order valence-electron chi connectivity index (χ1n) is 7.62. The molecule has 0 aromatic heterocycles. The van der Waals surface area contributed by atoms with Gasteiger partial charge in [-0.25, -0.2) is 5.01 Å². The number of rotatable bonds is 3. The molecular formula is C20H16N2O. The second-order valence-corrected chi connectivity index (χ2v) is 5.33. The zero-order valence-electron chi connectivity index (χ0n) is 12.5. The maximum absolute atomic E-state index is 6.18. The van der Waals surface area contributed by atoms with Gasteiger partial charge < -0.3 is 4.74 Å². The second kappa shape index (κ2) is 5.97. The molecule has 3 nitrogen and oxygen atoms in total. The summed E-state index contributed by atoms with van der Waals surface area (Å²) >= 11 is 0. The molecule has 0 N–H and O–H groups in total. The van der Waals surface area contributed by atoms with Crippen LogP contribution in [0, 0.1) is 0 Å². The Morgan fingerprint density at radius 2 is 1.26 bits per heavy atom. The quantitative estimate of drug-likeness (QED) is 0.707. The third-order valence-electron chi connectivity index (χ3n) is 3.77. The van der Waals surface area contributed by atoms with E-state index in [0.717, 1.165) is 16.8 Å². The summed E-state index contributed by atoms with van der Waals surface area (Å²) in [6, 6.07) is 30.2. The molecule has 0 saturated heterocycles. The number of hydrazone groups is 1. The van der Waals surface area contributed by atoms with Crippen LogP contribution in [0.1, 0.15) is 17.4 Å². The van der Waals surface area contributed by atoms with Crippen molar-refractivity contribution in [2.75, 3.05) is 5.01 Å². The number of ether oxygens (including phenoxy) is 1. The van der Waals surface area contributed by atoms with Crippen LogP contribution < -0.4 is 5.01 Å². The zero-order valence-corrected chi connectivity index (χ0v) is 12.5. The van der Waals surface area contributed by atoms with Crippen molar-refractivity contribution in [2.45, 2.75) is 6.23 Å². The first-order valence-corrected chi connectivity index (χ1v) is 7.62. The minimum atomic E-state index is -0.256. The Morgan fingerprint density at radius 1 is 0.696 bits per heavy atom. The fourth-order valence-electron chi connectivity index (χ4n) is 2.64. The fourth-order valence-corrected chi connectivity index (χ4v) is 2.64. The van der Waals surface area contributed by atoms with Crippen LogP contribution in [0.25, 0.3) is 0 Å². The predicted octanol–water partition coefficient (Wildman–Crippen LogP) is 4.58. The minimum absolute atomic E-state index is 0.256.